The Kier molecular flexibility index (Phi) is 4.93. The molecule has 1 fully saturated rings. The van der Waals surface area contributed by atoms with Crippen molar-refractivity contribution in [2.45, 2.75) is 45.6 Å². The van der Waals surface area contributed by atoms with Crippen LogP contribution in [-0.2, 0) is 9.53 Å². The molecule has 1 aliphatic heterocycles. The van der Waals surface area contributed by atoms with Gasteiger partial charge in [0.25, 0.3) is 0 Å². The summed E-state index contributed by atoms with van der Waals surface area (Å²) in [6, 6.07) is 0. The summed E-state index contributed by atoms with van der Waals surface area (Å²) in [5.74, 6) is 0.129. The predicted octanol–water partition coefficient (Wildman–Crippen LogP) is 1.43. The summed E-state index contributed by atoms with van der Waals surface area (Å²) in [6.07, 6.45) is 1.72. The number of imide groups is 1. The van der Waals surface area contributed by atoms with Crippen molar-refractivity contribution in [3.8, 4) is 0 Å². The molecule has 0 aliphatic carbocycles. The molecule has 0 bridgehead atoms. The van der Waals surface area contributed by atoms with Gasteiger partial charge in [-0.1, -0.05) is 0 Å². The normalized spacial score (nSPS) is 17.6. The van der Waals surface area contributed by atoms with E-state index in [0.29, 0.717) is 12.3 Å². The topological polar surface area (TPSA) is 67.4 Å². The van der Waals surface area contributed by atoms with E-state index in [1.54, 1.807) is 20.8 Å². The van der Waals surface area contributed by atoms with Gasteiger partial charge in [0.1, 0.15) is 5.60 Å². The molecule has 1 aliphatic rings. The van der Waals surface area contributed by atoms with Crippen LogP contribution in [0.4, 0.5) is 4.79 Å². The van der Waals surface area contributed by atoms with Gasteiger partial charge < -0.3 is 10.1 Å². The molecule has 0 unspecified atom stereocenters. The van der Waals surface area contributed by atoms with Gasteiger partial charge in [-0.05, 0) is 52.6 Å². The van der Waals surface area contributed by atoms with Gasteiger partial charge in [-0.15, -0.1) is 0 Å². The van der Waals surface area contributed by atoms with Crippen LogP contribution in [-0.4, -0.2) is 30.7 Å². The summed E-state index contributed by atoms with van der Waals surface area (Å²) in [7, 11) is 0. The maximum Gasteiger partial charge on any atom is 0.414 e. The van der Waals surface area contributed by atoms with Crippen molar-refractivity contribution in [2.75, 3.05) is 13.1 Å². The lowest BCUT2D eigenvalue weighted by atomic mass is 9.94. The van der Waals surface area contributed by atoms with E-state index in [2.05, 4.69) is 10.6 Å². The fraction of sp³-hybridized carbons (Fsp3) is 0.833. The van der Waals surface area contributed by atoms with Crippen LogP contribution in [0.25, 0.3) is 0 Å². The molecular weight excluding hydrogens is 220 g/mol. The number of ether oxygens (including phenoxy) is 1. The van der Waals surface area contributed by atoms with E-state index in [1.807, 2.05) is 0 Å². The van der Waals surface area contributed by atoms with Crippen LogP contribution in [0.1, 0.15) is 40.0 Å². The molecule has 1 heterocycles. The van der Waals surface area contributed by atoms with Gasteiger partial charge in [-0.3, -0.25) is 10.1 Å². The van der Waals surface area contributed by atoms with Gasteiger partial charge in [0, 0.05) is 6.42 Å². The standard InChI is InChI=1S/C12H22N2O3/c1-12(2,3)17-11(16)14-10(15)8-9-4-6-13-7-5-9/h9,13H,4-8H2,1-3H3,(H,14,15,16). The van der Waals surface area contributed by atoms with Crippen LogP contribution < -0.4 is 10.6 Å². The number of carbonyl (C=O) groups excluding carboxylic acids is 2. The average Bonchev–Trinajstić information content (AvgIpc) is 2.15. The van der Waals surface area contributed by atoms with Crippen LogP contribution in [0.15, 0.2) is 0 Å². The highest BCUT2D eigenvalue weighted by molar-refractivity contribution is 5.91. The highest BCUT2D eigenvalue weighted by atomic mass is 16.6. The first-order valence-corrected chi connectivity index (χ1v) is 6.10. The first kappa shape index (κ1) is 14.0. The SMILES string of the molecule is CC(C)(C)OC(=O)NC(=O)CC1CCNCC1. The number of carbonyl (C=O) groups is 2. The van der Waals surface area contributed by atoms with Crippen molar-refractivity contribution in [3.05, 3.63) is 0 Å². The van der Waals surface area contributed by atoms with E-state index in [-0.39, 0.29) is 5.91 Å². The molecule has 98 valence electrons. The zero-order valence-corrected chi connectivity index (χ0v) is 10.8. The maximum atomic E-state index is 11.6. The van der Waals surface area contributed by atoms with Crippen LogP contribution in [0, 0.1) is 5.92 Å². The lowest BCUT2D eigenvalue weighted by molar-refractivity contribution is -0.121. The fourth-order valence-electron chi connectivity index (χ4n) is 1.82. The summed E-state index contributed by atoms with van der Waals surface area (Å²) < 4.78 is 5.01. The average molecular weight is 242 g/mol. The van der Waals surface area contributed by atoms with Crippen LogP contribution in [0.2, 0.25) is 0 Å². The second kappa shape index (κ2) is 6.00. The second-order valence-corrected chi connectivity index (χ2v) is 5.45. The highest BCUT2D eigenvalue weighted by Crippen LogP contribution is 2.15. The number of alkyl carbamates (subject to hydrolysis) is 1. The van der Waals surface area contributed by atoms with Crippen molar-refractivity contribution in [3.63, 3.8) is 0 Å². The van der Waals surface area contributed by atoms with Crippen LogP contribution >= 0.6 is 0 Å². The predicted molar refractivity (Wildman–Crippen MR) is 64.6 cm³/mol. The molecule has 17 heavy (non-hydrogen) atoms. The van der Waals surface area contributed by atoms with Gasteiger partial charge in [-0.2, -0.15) is 0 Å². The molecule has 5 heteroatoms. The summed E-state index contributed by atoms with van der Waals surface area (Å²) >= 11 is 0. The Balaban J connectivity index is 2.26. The van der Waals surface area contributed by atoms with Crippen molar-refractivity contribution >= 4 is 12.0 Å². The summed E-state index contributed by atoms with van der Waals surface area (Å²) in [5, 5.41) is 5.50. The molecule has 2 amide bonds. The van der Waals surface area contributed by atoms with Crippen LogP contribution in [0.5, 0.6) is 0 Å². The van der Waals surface area contributed by atoms with Crippen molar-refractivity contribution in [1.82, 2.24) is 10.6 Å². The molecule has 0 aromatic carbocycles. The Morgan fingerprint density at radius 3 is 2.41 bits per heavy atom. The molecule has 0 aromatic heterocycles. The summed E-state index contributed by atoms with van der Waals surface area (Å²) in [6.45, 7) is 7.20. The third-order valence-electron chi connectivity index (χ3n) is 2.57. The van der Waals surface area contributed by atoms with Gasteiger partial charge in [0.15, 0.2) is 0 Å². The third kappa shape index (κ3) is 6.26. The largest absolute Gasteiger partial charge is 0.444 e. The van der Waals surface area contributed by atoms with E-state index in [1.165, 1.54) is 0 Å². The minimum absolute atomic E-state index is 0.244. The zero-order valence-electron chi connectivity index (χ0n) is 10.8. The molecule has 0 saturated carbocycles. The molecule has 0 atom stereocenters. The monoisotopic (exact) mass is 242 g/mol. The summed E-state index contributed by atoms with van der Waals surface area (Å²) in [4.78, 5) is 22.9. The molecule has 1 saturated heterocycles. The number of piperidine rings is 1. The lowest BCUT2D eigenvalue weighted by Crippen LogP contribution is -2.38. The van der Waals surface area contributed by atoms with Gasteiger partial charge in [0.2, 0.25) is 5.91 Å². The molecule has 1 rings (SSSR count). The quantitative estimate of drug-likeness (QED) is 0.768. The minimum atomic E-state index is -0.656. The number of amides is 2. The number of hydrogen-bond acceptors (Lipinski definition) is 4. The molecule has 0 spiro atoms. The number of rotatable bonds is 2. The Morgan fingerprint density at radius 1 is 1.29 bits per heavy atom. The highest BCUT2D eigenvalue weighted by Gasteiger charge is 2.21. The Morgan fingerprint density at radius 2 is 1.88 bits per heavy atom. The fourth-order valence-corrected chi connectivity index (χ4v) is 1.82. The lowest BCUT2D eigenvalue weighted by Gasteiger charge is -2.22. The minimum Gasteiger partial charge on any atom is -0.444 e. The number of hydrogen-bond donors (Lipinski definition) is 2. The van der Waals surface area contributed by atoms with Gasteiger partial charge in [-0.25, -0.2) is 4.79 Å². The third-order valence-corrected chi connectivity index (χ3v) is 2.57. The Bertz CT molecular complexity index is 278. The first-order chi connectivity index (χ1) is 7.87. The van der Waals surface area contributed by atoms with Gasteiger partial charge in [0.05, 0.1) is 0 Å². The van der Waals surface area contributed by atoms with E-state index in [9.17, 15) is 9.59 Å². The zero-order chi connectivity index (χ0) is 12.9. The van der Waals surface area contributed by atoms with Crippen LogP contribution in [0.3, 0.4) is 0 Å². The maximum absolute atomic E-state index is 11.6. The van der Waals surface area contributed by atoms with Crippen molar-refractivity contribution in [2.24, 2.45) is 5.92 Å². The Labute approximate surface area is 102 Å². The van der Waals surface area contributed by atoms with Crippen molar-refractivity contribution < 1.29 is 14.3 Å². The van der Waals surface area contributed by atoms with E-state index < -0.39 is 11.7 Å². The second-order valence-electron chi connectivity index (χ2n) is 5.45. The van der Waals surface area contributed by atoms with Crippen molar-refractivity contribution in [1.29, 1.82) is 0 Å². The molecule has 2 N–H and O–H groups in total. The van der Waals surface area contributed by atoms with E-state index in [4.69, 9.17) is 4.74 Å². The number of nitrogens with one attached hydrogen (secondary N) is 2. The summed E-state index contributed by atoms with van der Waals surface area (Å²) in [5.41, 5.74) is -0.570. The first-order valence-electron chi connectivity index (χ1n) is 6.10. The molecule has 5 nitrogen and oxygen atoms in total. The smallest absolute Gasteiger partial charge is 0.414 e. The van der Waals surface area contributed by atoms with E-state index in [0.717, 1.165) is 25.9 Å². The molecule has 0 aromatic rings. The van der Waals surface area contributed by atoms with Gasteiger partial charge >= 0.3 is 6.09 Å². The molecule has 0 radical (unpaired) electrons. The molecular formula is C12H22N2O3. The van der Waals surface area contributed by atoms with E-state index >= 15 is 0 Å². The Hall–Kier alpha value is -1.10.